The van der Waals surface area contributed by atoms with Gasteiger partial charge in [-0.1, -0.05) is 29.5 Å². The summed E-state index contributed by atoms with van der Waals surface area (Å²) < 4.78 is 1.68. The van der Waals surface area contributed by atoms with Gasteiger partial charge in [0.25, 0.3) is 0 Å². The molecule has 0 saturated carbocycles. The average molecular weight is 376 g/mol. The number of aromatic nitrogens is 4. The Morgan fingerprint density at radius 3 is 2.50 bits per heavy atom. The molecule has 2 rings (SSSR count). The summed E-state index contributed by atoms with van der Waals surface area (Å²) in [5.41, 5.74) is 1.56. The van der Waals surface area contributed by atoms with Gasteiger partial charge in [-0.15, -0.1) is 5.10 Å². The second kappa shape index (κ2) is 8.31. The Labute approximate surface area is 157 Å². The number of nitrogens with zero attached hydrogens (tertiary/aromatic N) is 5. The fourth-order valence-corrected chi connectivity index (χ4v) is 3.07. The topological polar surface area (TPSA) is 93.0 Å². The van der Waals surface area contributed by atoms with Crippen LogP contribution >= 0.6 is 11.8 Å². The van der Waals surface area contributed by atoms with E-state index in [2.05, 4.69) is 20.8 Å². The molecule has 0 saturated heterocycles. The molecule has 0 aliphatic heterocycles. The smallest absolute Gasteiger partial charge is 0.243 e. The second-order valence-electron chi connectivity index (χ2n) is 7.00. The van der Waals surface area contributed by atoms with Gasteiger partial charge in [0.15, 0.2) is 0 Å². The van der Waals surface area contributed by atoms with E-state index in [1.807, 2.05) is 52.0 Å². The Morgan fingerprint density at radius 2 is 1.88 bits per heavy atom. The lowest BCUT2D eigenvalue weighted by molar-refractivity contribution is -0.131. The molecule has 9 heteroatoms. The molecule has 140 valence electrons. The minimum atomic E-state index is -0.269. The van der Waals surface area contributed by atoms with Crippen LogP contribution < -0.4 is 5.32 Å². The quantitative estimate of drug-likeness (QED) is 0.775. The second-order valence-corrected chi connectivity index (χ2v) is 7.94. The van der Waals surface area contributed by atoms with E-state index in [1.54, 1.807) is 11.7 Å². The fraction of sp³-hybridized carbons (Fsp3) is 0.471. The van der Waals surface area contributed by atoms with Crippen LogP contribution in [0.25, 0.3) is 0 Å². The first-order valence-electron chi connectivity index (χ1n) is 8.19. The predicted octanol–water partition coefficient (Wildman–Crippen LogP) is 1.93. The van der Waals surface area contributed by atoms with E-state index in [0.29, 0.717) is 10.8 Å². The van der Waals surface area contributed by atoms with E-state index in [0.717, 1.165) is 5.56 Å². The van der Waals surface area contributed by atoms with Crippen molar-refractivity contribution in [3.63, 3.8) is 0 Å². The molecule has 0 bridgehead atoms. The van der Waals surface area contributed by atoms with E-state index in [1.165, 1.54) is 16.7 Å². The molecule has 1 heterocycles. The van der Waals surface area contributed by atoms with Gasteiger partial charge in [0.05, 0.1) is 17.8 Å². The van der Waals surface area contributed by atoms with Gasteiger partial charge in [0.2, 0.25) is 17.0 Å². The third kappa shape index (κ3) is 5.55. The van der Waals surface area contributed by atoms with Gasteiger partial charge in [0.1, 0.15) is 0 Å². The number of carbonyl (C=O) groups is 2. The van der Waals surface area contributed by atoms with Gasteiger partial charge in [-0.05, 0) is 50.3 Å². The number of benzene rings is 1. The van der Waals surface area contributed by atoms with Crippen molar-refractivity contribution in [1.82, 2.24) is 25.1 Å². The molecule has 2 amide bonds. The lowest BCUT2D eigenvalue weighted by Crippen LogP contribution is -2.36. The molecule has 0 fully saturated rings. The minimum absolute atomic E-state index is 0.0164. The summed E-state index contributed by atoms with van der Waals surface area (Å²) in [6.07, 6.45) is 0. The SMILES string of the molecule is Cc1ccc(NC(=O)CN(C)C(=O)CSc2nnnn2C(C)(C)C)cc1. The number of hydrogen-bond donors (Lipinski definition) is 1. The van der Waals surface area contributed by atoms with Crippen molar-refractivity contribution >= 4 is 29.3 Å². The number of amides is 2. The molecule has 0 radical (unpaired) electrons. The van der Waals surface area contributed by atoms with Crippen molar-refractivity contribution in [2.24, 2.45) is 0 Å². The van der Waals surface area contributed by atoms with Crippen LogP contribution in [0.4, 0.5) is 5.69 Å². The number of likely N-dealkylation sites (N-methyl/N-ethyl adjacent to an activating group) is 1. The average Bonchev–Trinajstić information content (AvgIpc) is 3.03. The molecular formula is C17H24N6O2S. The molecule has 0 atom stereocenters. The zero-order valence-corrected chi connectivity index (χ0v) is 16.5. The van der Waals surface area contributed by atoms with E-state index < -0.39 is 0 Å². The Balaban J connectivity index is 1.85. The highest BCUT2D eigenvalue weighted by Crippen LogP contribution is 2.21. The molecule has 0 unspecified atom stereocenters. The van der Waals surface area contributed by atoms with Crippen LogP contribution in [-0.4, -0.2) is 56.3 Å². The number of aryl methyl sites for hydroxylation is 1. The van der Waals surface area contributed by atoms with Crippen LogP contribution in [0.5, 0.6) is 0 Å². The lowest BCUT2D eigenvalue weighted by atomic mass is 10.1. The Kier molecular flexibility index (Phi) is 6.36. The first kappa shape index (κ1) is 19.9. The standard InChI is InChI=1S/C17H24N6O2S/c1-12-6-8-13(9-7-12)18-14(24)10-22(5)15(25)11-26-16-19-20-21-23(16)17(2,3)4/h6-9H,10-11H2,1-5H3,(H,18,24). The van der Waals surface area contributed by atoms with Crippen molar-refractivity contribution in [3.8, 4) is 0 Å². The highest BCUT2D eigenvalue weighted by atomic mass is 32.2. The maximum atomic E-state index is 12.3. The zero-order valence-electron chi connectivity index (χ0n) is 15.7. The van der Waals surface area contributed by atoms with Gasteiger partial charge >= 0.3 is 0 Å². The van der Waals surface area contributed by atoms with Crippen LogP contribution in [0.1, 0.15) is 26.3 Å². The predicted molar refractivity (Wildman–Crippen MR) is 101 cm³/mol. The monoisotopic (exact) mass is 376 g/mol. The molecular weight excluding hydrogens is 352 g/mol. The molecule has 2 aromatic rings. The molecule has 26 heavy (non-hydrogen) atoms. The summed E-state index contributed by atoms with van der Waals surface area (Å²) >= 11 is 1.25. The third-order valence-corrected chi connectivity index (χ3v) is 4.45. The van der Waals surface area contributed by atoms with E-state index in [4.69, 9.17) is 0 Å². The molecule has 1 aromatic heterocycles. The van der Waals surface area contributed by atoms with Gasteiger partial charge < -0.3 is 10.2 Å². The fourth-order valence-electron chi connectivity index (χ4n) is 2.07. The maximum Gasteiger partial charge on any atom is 0.243 e. The number of nitrogens with one attached hydrogen (secondary N) is 1. The summed E-state index contributed by atoms with van der Waals surface area (Å²) in [5, 5.41) is 14.9. The molecule has 1 N–H and O–H groups in total. The van der Waals surface area contributed by atoms with E-state index >= 15 is 0 Å². The number of thioether (sulfide) groups is 1. The Bertz CT molecular complexity index is 766. The van der Waals surface area contributed by atoms with E-state index in [-0.39, 0.29) is 29.7 Å². The highest BCUT2D eigenvalue weighted by molar-refractivity contribution is 7.99. The van der Waals surface area contributed by atoms with Gasteiger partial charge in [-0.2, -0.15) is 0 Å². The largest absolute Gasteiger partial charge is 0.336 e. The zero-order chi connectivity index (χ0) is 19.3. The first-order valence-corrected chi connectivity index (χ1v) is 9.17. The number of rotatable bonds is 6. The maximum absolute atomic E-state index is 12.3. The van der Waals surface area contributed by atoms with Gasteiger partial charge in [0, 0.05) is 12.7 Å². The highest BCUT2D eigenvalue weighted by Gasteiger charge is 2.21. The number of hydrogen-bond acceptors (Lipinski definition) is 6. The molecule has 0 aliphatic carbocycles. The summed E-state index contributed by atoms with van der Waals surface area (Å²) in [6, 6.07) is 7.50. The summed E-state index contributed by atoms with van der Waals surface area (Å²) in [7, 11) is 1.60. The van der Waals surface area contributed by atoms with Crippen LogP contribution in [0.2, 0.25) is 0 Å². The van der Waals surface area contributed by atoms with Crippen molar-refractivity contribution < 1.29 is 9.59 Å². The molecule has 1 aromatic carbocycles. The number of carbonyl (C=O) groups excluding carboxylic acids is 2. The minimum Gasteiger partial charge on any atom is -0.336 e. The molecule has 0 aliphatic rings. The summed E-state index contributed by atoms with van der Waals surface area (Å²) in [5.74, 6) is -0.253. The molecule has 0 spiro atoms. The first-order chi connectivity index (χ1) is 12.2. The van der Waals surface area contributed by atoms with Gasteiger partial charge in [-0.25, -0.2) is 4.68 Å². The van der Waals surface area contributed by atoms with Crippen molar-refractivity contribution in [2.75, 3.05) is 24.7 Å². The number of tetrazole rings is 1. The van der Waals surface area contributed by atoms with Crippen LogP contribution in [0, 0.1) is 6.92 Å². The van der Waals surface area contributed by atoms with Crippen LogP contribution in [0.15, 0.2) is 29.4 Å². The Hall–Kier alpha value is -2.42. The lowest BCUT2D eigenvalue weighted by Gasteiger charge is -2.20. The van der Waals surface area contributed by atoms with Crippen molar-refractivity contribution in [1.29, 1.82) is 0 Å². The Morgan fingerprint density at radius 1 is 1.23 bits per heavy atom. The van der Waals surface area contributed by atoms with Crippen molar-refractivity contribution in [3.05, 3.63) is 29.8 Å². The van der Waals surface area contributed by atoms with Crippen molar-refractivity contribution in [2.45, 2.75) is 38.4 Å². The summed E-state index contributed by atoms with van der Waals surface area (Å²) in [4.78, 5) is 25.8. The van der Waals surface area contributed by atoms with Gasteiger partial charge in [-0.3, -0.25) is 9.59 Å². The third-order valence-electron chi connectivity index (χ3n) is 3.54. The van der Waals surface area contributed by atoms with E-state index in [9.17, 15) is 9.59 Å². The van der Waals surface area contributed by atoms with Crippen LogP contribution in [-0.2, 0) is 15.1 Å². The molecule has 8 nitrogen and oxygen atoms in total. The number of anilines is 1. The van der Waals surface area contributed by atoms with Crippen LogP contribution in [0.3, 0.4) is 0 Å². The summed E-state index contributed by atoms with van der Waals surface area (Å²) in [6.45, 7) is 7.91. The normalized spacial score (nSPS) is 11.3.